The van der Waals surface area contributed by atoms with Crippen LogP contribution in [0.2, 0.25) is 0 Å². The molecule has 2 rings (SSSR count). The van der Waals surface area contributed by atoms with Gasteiger partial charge in [-0.25, -0.2) is 4.98 Å². The standard InChI is InChI=1S/C15H25N5O.ClH/c1-16-11-15(21)20-8-6-19(7-9-20)14-5-4-13(10-17-14)12-18(2)3;/h4-5,10,16H,6-9,11-12H2,1-3H3;1H. The van der Waals surface area contributed by atoms with Crippen molar-refractivity contribution in [3.8, 4) is 0 Å². The summed E-state index contributed by atoms with van der Waals surface area (Å²) in [7, 11) is 5.90. The van der Waals surface area contributed by atoms with E-state index in [-0.39, 0.29) is 18.3 Å². The van der Waals surface area contributed by atoms with Crippen LogP contribution in [0.15, 0.2) is 18.3 Å². The molecule has 1 aromatic heterocycles. The number of carbonyl (C=O) groups is 1. The van der Waals surface area contributed by atoms with Crippen LogP contribution in [0.25, 0.3) is 0 Å². The van der Waals surface area contributed by atoms with E-state index >= 15 is 0 Å². The number of aromatic nitrogens is 1. The van der Waals surface area contributed by atoms with Crippen molar-refractivity contribution in [1.29, 1.82) is 0 Å². The van der Waals surface area contributed by atoms with Crippen LogP contribution in [0.5, 0.6) is 0 Å². The van der Waals surface area contributed by atoms with Crippen LogP contribution < -0.4 is 10.2 Å². The Labute approximate surface area is 138 Å². The van der Waals surface area contributed by atoms with E-state index in [1.54, 1.807) is 7.05 Å². The lowest BCUT2D eigenvalue weighted by Gasteiger charge is -2.35. The van der Waals surface area contributed by atoms with Gasteiger partial charge in [0.05, 0.1) is 6.54 Å². The van der Waals surface area contributed by atoms with Gasteiger partial charge in [-0.2, -0.15) is 0 Å². The fraction of sp³-hybridized carbons (Fsp3) is 0.600. The summed E-state index contributed by atoms with van der Waals surface area (Å²) in [6.07, 6.45) is 1.94. The van der Waals surface area contributed by atoms with Gasteiger partial charge in [-0.1, -0.05) is 6.07 Å². The molecule has 0 saturated carbocycles. The number of rotatable bonds is 5. The summed E-state index contributed by atoms with van der Waals surface area (Å²) in [5.41, 5.74) is 1.21. The lowest BCUT2D eigenvalue weighted by Crippen LogP contribution is -2.50. The van der Waals surface area contributed by atoms with Gasteiger partial charge in [-0.3, -0.25) is 4.79 Å². The third-order valence-corrected chi connectivity index (χ3v) is 3.59. The van der Waals surface area contributed by atoms with E-state index in [0.29, 0.717) is 6.54 Å². The molecule has 0 aromatic carbocycles. The van der Waals surface area contributed by atoms with Crippen molar-refractivity contribution < 1.29 is 4.79 Å². The minimum atomic E-state index is 0. The Hall–Kier alpha value is -1.37. The first-order valence-electron chi connectivity index (χ1n) is 7.37. The van der Waals surface area contributed by atoms with E-state index in [1.165, 1.54) is 5.56 Å². The summed E-state index contributed by atoms with van der Waals surface area (Å²) < 4.78 is 0. The number of hydrogen-bond acceptors (Lipinski definition) is 5. The Kier molecular flexibility index (Phi) is 7.58. The molecule has 124 valence electrons. The monoisotopic (exact) mass is 327 g/mol. The highest BCUT2D eigenvalue weighted by atomic mass is 35.5. The Morgan fingerprint density at radius 1 is 1.27 bits per heavy atom. The van der Waals surface area contributed by atoms with Crippen molar-refractivity contribution in [1.82, 2.24) is 20.1 Å². The van der Waals surface area contributed by atoms with Gasteiger partial charge in [-0.15, -0.1) is 12.4 Å². The first-order valence-corrected chi connectivity index (χ1v) is 7.37. The molecule has 7 heteroatoms. The van der Waals surface area contributed by atoms with Gasteiger partial charge in [0, 0.05) is 38.9 Å². The van der Waals surface area contributed by atoms with Gasteiger partial charge in [0.2, 0.25) is 5.91 Å². The minimum Gasteiger partial charge on any atom is -0.353 e. The molecular formula is C15H26ClN5O. The molecule has 1 aromatic rings. The maximum absolute atomic E-state index is 11.8. The van der Waals surface area contributed by atoms with Gasteiger partial charge >= 0.3 is 0 Å². The number of nitrogens with zero attached hydrogens (tertiary/aromatic N) is 4. The maximum Gasteiger partial charge on any atom is 0.236 e. The molecule has 1 fully saturated rings. The Balaban J connectivity index is 0.00000242. The van der Waals surface area contributed by atoms with Gasteiger partial charge in [0.1, 0.15) is 5.82 Å². The number of halogens is 1. The number of pyridine rings is 1. The van der Waals surface area contributed by atoms with E-state index in [0.717, 1.165) is 38.5 Å². The number of anilines is 1. The number of amides is 1. The van der Waals surface area contributed by atoms with Crippen molar-refractivity contribution in [3.63, 3.8) is 0 Å². The second kappa shape index (κ2) is 8.92. The zero-order valence-corrected chi connectivity index (χ0v) is 14.4. The van der Waals surface area contributed by atoms with Crippen molar-refractivity contribution in [3.05, 3.63) is 23.9 Å². The number of carbonyl (C=O) groups excluding carboxylic acids is 1. The van der Waals surface area contributed by atoms with E-state index in [1.807, 2.05) is 11.1 Å². The molecule has 0 aliphatic carbocycles. The highest BCUT2D eigenvalue weighted by Gasteiger charge is 2.21. The van der Waals surface area contributed by atoms with E-state index in [2.05, 4.69) is 46.3 Å². The predicted octanol–water partition coefficient (Wildman–Crippen LogP) is 0.433. The van der Waals surface area contributed by atoms with Crippen molar-refractivity contribution in [2.24, 2.45) is 0 Å². The predicted molar refractivity (Wildman–Crippen MR) is 91.6 cm³/mol. The largest absolute Gasteiger partial charge is 0.353 e. The zero-order chi connectivity index (χ0) is 15.2. The third kappa shape index (κ3) is 5.12. The van der Waals surface area contributed by atoms with Crippen molar-refractivity contribution in [2.75, 3.05) is 58.8 Å². The summed E-state index contributed by atoms with van der Waals surface area (Å²) in [6, 6.07) is 4.20. The second-order valence-electron chi connectivity index (χ2n) is 5.66. The van der Waals surface area contributed by atoms with Gasteiger partial charge in [0.15, 0.2) is 0 Å². The van der Waals surface area contributed by atoms with E-state index in [9.17, 15) is 4.79 Å². The zero-order valence-electron chi connectivity index (χ0n) is 13.6. The summed E-state index contributed by atoms with van der Waals surface area (Å²) in [4.78, 5) is 22.6. The van der Waals surface area contributed by atoms with Crippen molar-refractivity contribution >= 4 is 24.1 Å². The third-order valence-electron chi connectivity index (χ3n) is 3.59. The Morgan fingerprint density at radius 3 is 2.45 bits per heavy atom. The summed E-state index contributed by atoms with van der Waals surface area (Å²) in [5.74, 6) is 1.17. The molecule has 22 heavy (non-hydrogen) atoms. The molecule has 0 atom stereocenters. The van der Waals surface area contributed by atoms with Crippen LogP contribution in [0, 0.1) is 0 Å². The lowest BCUT2D eigenvalue weighted by molar-refractivity contribution is -0.130. The molecule has 0 radical (unpaired) electrons. The molecular weight excluding hydrogens is 302 g/mol. The van der Waals surface area contributed by atoms with Crippen LogP contribution in [0.4, 0.5) is 5.82 Å². The molecule has 1 N–H and O–H groups in total. The number of likely N-dealkylation sites (N-methyl/N-ethyl adjacent to an activating group) is 1. The first kappa shape index (κ1) is 18.7. The molecule has 0 bridgehead atoms. The molecule has 6 nitrogen and oxygen atoms in total. The number of piperazine rings is 1. The number of nitrogens with one attached hydrogen (secondary N) is 1. The fourth-order valence-corrected chi connectivity index (χ4v) is 2.51. The molecule has 1 aliphatic rings. The molecule has 0 spiro atoms. The van der Waals surface area contributed by atoms with Crippen LogP contribution in [0.3, 0.4) is 0 Å². The lowest BCUT2D eigenvalue weighted by atomic mass is 10.2. The SMILES string of the molecule is CNCC(=O)N1CCN(c2ccc(CN(C)C)cn2)CC1.Cl. The summed E-state index contributed by atoms with van der Waals surface area (Å²) in [6.45, 7) is 4.53. The average molecular weight is 328 g/mol. The normalized spacial score (nSPS) is 14.9. The highest BCUT2D eigenvalue weighted by molar-refractivity contribution is 5.85. The van der Waals surface area contributed by atoms with Crippen LogP contribution in [0.1, 0.15) is 5.56 Å². The smallest absolute Gasteiger partial charge is 0.236 e. The maximum atomic E-state index is 11.8. The number of hydrogen-bond donors (Lipinski definition) is 1. The quantitative estimate of drug-likeness (QED) is 0.850. The van der Waals surface area contributed by atoms with Crippen LogP contribution in [-0.4, -0.2) is 74.6 Å². The van der Waals surface area contributed by atoms with Crippen LogP contribution in [-0.2, 0) is 11.3 Å². The molecule has 0 unspecified atom stereocenters. The first-order chi connectivity index (χ1) is 10.1. The Morgan fingerprint density at radius 2 is 1.95 bits per heavy atom. The van der Waals surface area contributed by atoms with Gasteiger partial charge in [0.25, 0.3) is 0 Å². The van der Waals surface area contributed by atoms with Gasteiger partial charge < -0.3 is 20.0 Å². The van der Waals surface area contributed by atoms with Crippen molar-refractivity contribution in [2.45, 2.75) is 6.54 Å². The van der Waals surface area contributed by atoms with E-state index in [4.69, 9.17) is 0 Å². The fourth-order valence-electron chi connectivity index (χ4n) is 2.51. The highest BCUT2D eigenvalue weighted by Crippen LogP contribution is 2.14. The van der Waals surface area contributed by atoms with E-state index < -0.39 is 0 Å². The molecule has 1 amide bonds. The Bertz CT molecular complexity index is 458. The molecule has 1 saturated heterocycles. The molecule has 2 heterocycles. The topological polar surface area (TPSA) is 51.7 Å². The molecule has 1 aliphatic heterocycles. The summed E-state index contributed by atoms with van der Waals surface area (Å²) in [5, 5.41) is 2.91. The summed E-state index contributed by atoms with van der Waals surface area (Å²) >= 11 is 0. The average Bonchev–Trinajstić information content (AvgIpc) is 2.48. The van der Waals surface area contributed by atoms with Gasteiger partial charge in [-0.05, 0) is 32.8 Å². The van der Waals surface area contributed by atoms with Crippen LogP contribution >= 0.6 is 12.4 Å². The minimum absolute atomic E-state index is 0. The second-order valence-corrected chi connectivity index (χ2v) is 5.66.